The Morgan fingerprint density at radius 1 is 1.04 bits per heavy atom. The summed E-state index contributed by atoms with van der Waals surface area (Å²) >= 11 is 5.96. The van der Waals surface area contributed by atoms with E-state index in [1.54, 1.807) is 24.3 Å². The molecule has 2 aromatic carbocycles. The number of anilines is 2. The number of nitrogens with zero attached hydrogens (tertiary/aromatic N) is 3. The van der Waals surface area contributed by atoms with Crippen LogP contribution in [0.1, 0.15) is 19.4 Å². The number of allylic oxidation sites excluding steroid dienone is 1. The number of benzene rings is 2. The molecule has 0 unspecified atom stereocenters. The lowest BCUT2D eigenvalue weighted by Gasteiger charge is -2.30. The molecule has 2 heterocycles. The number of fused-ring (bicyclic) bond motifs is 1. The summed E-state index contributed by atoms with van der Waals surface area (Å²) in [7, 11) is 0. The summed E-state index contributed by atoms with van der Waals surface area (Å²) < 4.78 is 0. The number of likely N-dealkylation sites (N-methyl/N-ethyl adjacent to an activating group) is 1. The Morgan fingerprint density at radius 2 is 1.77 bits per heavy atom. The zero-order chi connectivity index (χ0) is 18.3. The van der Waals surface area contributed by atoms with E-state index in [9.17, 15) is 4.79 Å². The van der Waals surface area contributed by atoms with E-state index in [1.165, 1.54) is 5.01 Å². The van der Waals surface area contributed by atoms with Crippen LogP contribution in [-0.2, 0) is 4.79 Å². The maximum Gasteiger partial charge on any atom is 0.282 e. The molecular weight excluding hydrogens is 346 g/mol. The molecule has 0 fully saturated rings. The number of carbonyl (C=O) groups is 1. The van der Waals surface area contributed by atoms with Gasteiger partial charge in [-0.3, -0.25) is 4.79 Å². The topological polar surface area (TPSA) is 35.9 Å². The fraction of sp³-hybridized carbons (Fsp3) is 0.143. The Balaban J connectivity index is 1.79. The first kappa shape index (κ1) is 16.6. The predicted molar refractivity (Wildman–Crippen MR) is 108 cm³/mol. The van der Waals surface area contributed by atoms with Crippen molar-refractivity contribution in [3.05, 3.63) is 76.5 Å². The third-order valence-corrected chi connectivity index (χ3v) is 4.85. The van der Waals surface area contributed by atoms with Crippen LogP contribution in [0.2, 0.25) is 5.02 Å². The van der Waals surface area contributed by atoms with Crippen molar-refractivity contribution in [1.29, 1.82) is 0 Å². The van der Waals surface area contributed by atoms with Crippen LogP contribution in [0, 0.1) is 0 Å². The summed E-state index contributed by atoms with van der Waals surface area (Å²) in [4.78, 5) is 15.3. The van der Waals surface area contributed by atoms with Crippen molar-refractivity contribution in [1.82, 2.24) is 0 Å². The molecule has 4 rings (SSSR count). The number of hydrogen-bond acceptors (Lipinski definition) is 3. The smallest absolute Gasteiger partial charge is 0.282 e. The van der Waals surface area contributed by atoms with Gasteiger partial charge in [0, 0.05) is 17.3 Å². The molecule has 4 nitrogen and oxygen atoms in total. The number of rotatable bonds is 2. The van der Waals surface area contributed by atoms with Crippen molar-refractivity contribution in [3.8, 4) is 0 Å². The second kappa shape index (κ2) is 6.46. The molecule has 1 amide bonds. The number of halogens is 1. The Labute approximate surface area is 157 Å². The summed E-state index contributed by atoms with van der Waals surface area (Å²) in [6.45, 7) is 4.72. The van der Waals surface area contributed by atoms with Crippen LogP contribution in [0.25, 0.3) is 6.08 Å². The minimum absolute atomic E-state index is 0.123. The van der Waals surface area contributed by atoms with Crippen molar-refractivity contribution in [3.63, 3.8) is 0 Å². The van der Waals surface area contributed by atoms with Gasteiger partial charge in [-0.25, -0.2) is 0 Å². The van der Waals surface area contributed by atoms with Gasteiger partial charge in [0.05, 0.1) is 22.7 Å². The van der Waals surface area contributed by atoms with E-state index in [0.29, 0.717) is 22.0 Å². The average Bonchev–Trinajstić information content (AvgIpc) is 2.95. The van der Waals surface area contributed by atoms with Gasteiger partial charge in [-0.1, -0.05) is 35.9 Å². The van der Waals surface area contributed by atoms with E-state index in [1.807, 2.05) is 25.1 Å². The Kier molecular flexibility index (Phi) is 4.13. The minimum atomic E-state index is -0.123. The van der Waals surface area contributed by atoms with Crippen molar-refractivity contribution in [2.45, 2.75) is 13.8 Å². The van der Waals surface area contributed by atoms with Crippen LogP contribution in [-0.4, -0.2) is 18.2 Å². The fourth-order valence-electron chi connectivity index (χ4n) is 3.38. The van der Waals surface area contributed by atoms with E-state index < -0.39 is 0 Å². The van der Waals surface area contributed by atoms with Crippen LogP contribution in [0.15, 0.2) is 71.0 Å². The second-order valence-corrected chi connectivity index (χ2v) is 6.61. The number of para-hydroxylation sites is 1. The molecule has 0 aliphatic carbocycles. The van der Waals surface area contributed by atoms with Crippen molar-refractivity contribution < 1.29 is 4.79 Å². The van der Waals surface area contributed by atoms with E-state index in [4.69, 9.17) is 11.6 Å². The van der Waals surface area contributed by atoms with Crippen LogP contribution < -0.4 is 9.91 Å². The molecule has 0 bridgehead atoms. The molecule has 0 aromatic heterocycles. The molecule has 0 atom stereocenters. The van der Waals surface area contributed by atoms with Crippen LogP contribution in [0.5, 0.6) is 0 Å². The third-order valence-electron chi connectivity index (χ3n) is 4.60. The van der Waals surface area contributed by atoms with Gasteiger partial charge >= 0.3 is 0 Å². The van der Waals surface area contributed by atoms with Gasteiger partial charge in [0.1, 0.15) is 0 Å². The highest BCUT2D eigenvalue weighted by Gasteiger charge is 2.33. The first-order valence-corrected chi connectivity index (χ1v) is 8.92. The minimum Gasteiger partial charge on any atom is -0.341 e. The first-order chi connectivity index (χ1) is 12.6. The van der Waals surface area contributed by atoms with Gasteiger partial charge < -0.3 is 4.90 Å². The highest BCUT2D eigenvalue weighted by atomic mass is 35.5. The van der Waals surface area contributed by atoms with Crippen molar-refractivity contribution in [2.24, 2.45) is 5.10 Å². The monoisotopic (exact) mass is 363 g/mol. The molecule has 2 aliphatic heterocycles. The molecule has 2 aliphatic rings. The maximum atomic E-state index is 13.1. The zero-order valence-corrected chi connectivity index (χ0v) is 15.4. The average molecular weight is 364 g/mol. The lowest BCUT2D eigenvalue weighted by atomic mass is 10.0. The highest BCUT2D eigenvalue weighted by molar-refractivity contribution is 6.32. The Morgan fingerprint density at radius 3 is 2.50 bits per heavy atom. The van der Waals surface area contributed by atoms with Gasteiger partial charge in [-0.15, -0.1) is 0 Å². The molecule has 0 N–H and O–H groups in total. The summed E-state index contributed by atoms with van der Waals surface area (Å²) in [5, 5.41) is 6.56. The fourth-order valence-corrected chi connectivity index (χ4v) is 3.51. The van der Waals surface area contributed by atoms with E-state index in [0.717, 1.165) is 23.5 Å². The normalized spacial score (nSPS) is 19.0. The Hall–Kier alpha value is -2.85. The molecule has 130 valence electrons. The lowest BCUT2D eigenvalue weighted by Crippen LogP contribution is -2.29. The number of hydrazone groups is 1. The second-order valence-electron chi connectivity index (χ2n) is 6.18. The van der Waals surface area contributed by atoms with Crippen LogP contribution in [0.3, 0.4) is 0 Å². The van der Waals surface area contributed by atoms with Gasteiger partial charge in [0.25, 0.3) is 5.91 Å². The van der Waals surface area contributed by atoms with E-state index >= 15 is 0 Å². The van der Waals surface area contributed by atoms with E-state index in [-0.39, 0.29) is 5.91 Å². The summed E-state index contributed by atoms with van der Waals surface area (Å²) in [5.74, 6) is -0.123. The molecule has 26 heavy (non-hydrogen) atoms. The first-order valence-electron chi connectivity index (χ1n) is 8.54. The maximum absolute atomic E-state index is 13.1. The summed E-state index contributed by atoms with van der Waals surface area (Å²) in [6.07, 6.45) is 4.05. The van der Waals surface area contributed by atoms with Gasteiger partial charge in [-0.05, 0) is 55.8 Å². The molecule has 0 spiro atoms. The quantitative estimate of drug-likeness (QED) is 0.713. The molecule has 0 saturated carbocycles. The number of hydrogen-bond donors (Lipinski definition) is 0. The van der Waals surface area contributed by atoms with Crippen molar-refractivity contribution in [2.75, 3.05) is 16.5 Å². The van der Waals surface area contributed by atoms with Crippen LogP contribution in [0.4, 0.5) is 11.4 Å². The van der Waals surface area contributed by atoms with Gasteiger partial charge in [0.2, 0.25) is 0 Å². The molecule has 5 heteroatoms. The third kappa shape index (κ3) is 2.63. The molecule has 0 saturated heterocycles. The van der Waals surface area contributed by atoms with Crippen molar-refractivity contribution >= 4 is 40.7 Å². The highest BCUT2D eigenvalue weighted by Crippen LogP contribution is 2.35. The van der Waals surface area contributed by atoms with Gasteiger partial charge in [0.15, 0.2) is 0 Å². The predicted octanol–water partition coefficient (Wildman–Crippen LogP) is 4.87. The van der Waals surface area contributed by atoms with Gasteiger partial charge in [-0.2, -0.15) is 10.1 Å². The standard InChI is InChI=1S/C21H18ClN3O/c1-3-24-18-7-5-4-6-15(18)8-13-19(24)20-14(2)23-25(21(20)26)17-11-9-16(22)10-12-17/h4-13H,3H2,1-2H3/b20-19+. The number of carbonyl (C=O) groups excluding carboxylic acids is 1. The largest absolute Gasteiger partial charge is 0.341 e. The summed E-state index contributed by atoms with van der Waals surface area (Å²) in [6, 6.07) is 15.3. The van der Waals surface area contributed by atoms with Crippen LogP contribution >= 0.6 is 11.6 Å². The SMILES string of the molecule is CCN1/C(=C2/C(=O)N(c3ccc(Cl)cc3)N=C2C)C=Cc2ccccc21. The zero-order valence-electron chi connectivity index (χ0n) is 14.6. The number of amides is 1. The molecular formula is C21H18ClN3O. The lowest BCUT2D eigenvalue weighted by molar-refractivity contribution is -0.114. The van der Waals surface area contributed by atoms with E-state index in [2.05, 4.69) is 35.1 Å². The molecule has 2 aromatic rings. The molecule has 0 radical (unpaired) electrons. The summed E-state index contributed by atoms with van der Waals surface area (Å²) in [5.41, 5.74) is 5.18. The Bertz CT molecular complexity index is 973.